The van der Waals surface area contributed by atoms with E-state index in [0.717, 1.165) is 64.1 Å². The van der Waals surface area contributed by atoms with E-state index in [1.165, 1.54) is 22.3 Å². The molecule has 4 heterocycles. The maximum atomic E-state index is 13.9. The molecule has 9 nitrogen and oxygen atoms in total. The molecule has 2 aromatic rings. The first kappa shape index (κ1) is 34.9. The van der Waals surface area contributed by atoms with E-state index >= 15 is 0 Å². The van der Waals surface area contributed by atoms with E-state index in [1.807, 2.05) is 0 Å². The van der Waals surface area contributed by atoms with Crippen molar-refractivity contribution in [2.45, 2.75) is 128 Å². The van der Waals surface area contributed by atoms with Crippen molar-refractivity contribution in [1.29, 1.82) is 0 Å². The van der Waals surface area contributed by atoms with Gasteiger partial charge in [0.05, 0.1) is 17.6 Å². The predicted octanol–water partition coefficient (Wildman–Crippen LogP) is 5.64. The van der Waals surface area contributed by atoms with Crippen molar-refractivity contribution in [3.05, 3.63) is 64.5 Å². The number of ether oxygens (including phenoxy) is 2. The molecule has 3 saturated heterocycles. The van der Waals surface area contributed by atoms with Gasteiger partial charge in [-0.25, -0.2) is 8.42 Å². The molecule has 47 heavy (non-hydrogen) atoms. The molecule has 1 saturated carbocycles. The molecule has 4 fully saturated rings. The fourth-order valence-corrected chi connectivity index (χ4v) is 10.1. The second kappa shape index (κ2) is 14.9. The topological polar surface area (TPSA) is 105 Å². The van der Waals surface area contributed by atoms with Gasteiger partial charge in [-0.1, -0.05) is 51.5 Å². The molecular formula is C37H57N5O4S. The van der Waals surface area contributed by atoms with E-state index in [2.05, 4.69) is 91.4 Å². The largest absolute Gasteiger partial charge is 0.381 e. The van der Waals surface area contributed by atoms with E-state index < -0.39 is 21.6 Å². The molecule has 1 aliphatic carbocycles. The number of aromatic nitrogens is 1. The Morgan fingerprint density at radius 1 is 0.979 bits per heavy atom. The van der Waals surface area contributed by atoms with Gasteiger partial charge in [0, 0.05) is 51.0 Å². The second-order valence-corrected chi connectivity index (χ2v) is 17.8. The molecule has 1 aromatic carbocycles. The van der Waals surface area contributed by atoms with Crippen LogP contribution in [0.3, 0.4) is 0 Å². The quantitative estimate of drug-likeness (QED) is 0.377. The van der Waals surface area contributed by atoms with E-state index in [0.29, 0.717) is 31.8 Å². The van der Waals surface area contributed by atoms with Crippen molar-refractivity contribution in [1.82, 2.24) is 25.2 Å². The Kier molecular flexibility index (Phi) is 11.1. The van der Waals surface area contributed by atoms with Crippen LogP contribution in [0, 0.1) is 25.2 Å². The van der Waals surface area contributed by atoms with Crippen molar-refractivity contribution in [2.75, 3.05) is 26.4 Å². The zero-order valence-electron chi connectivity index (χ0n) is 29.1. The molecule has 3 N–H and O–H groups in total. The minimum Gasteiger partial charge on any atom is -0.381 e. The van der Waals surface area contributed by atoms with Crippen LogP contribution in [-0.2, 0) is 26.0 Å². The van der Waals surface area contributed by atoms with Gasteiger partial charge in [0.25, 0.3) is 0 Å². The summed E-state index contributed by atoms with van der Waals surface area (Å²) >= 11 is 0. The SMILES string of the molecule is Cc1cccc(C)c1C1CC2NC(N1)NS(=O)(=O)C1CCCC(C1)CN(Cc1ccc(C3CCOCC3)cn1)[C@H](CC(C)(C)C)CO2. The fourth-order valence-electron chi connectivity index (χ4n) is 8.41. The first-order chi connectivity index (χ1) is 22.4. The monoisotopic (exact) mass is 667 g/mol. The lowest BCUT2D eigenvalue weighted by Gasteiger charge is -2.41. The summed E-state index contributed by atoms with van der Waals surface area (Å²) in [5.74, 6) is 0.805. The summed E-state index contributed by atoms with van der Waals surface area (Å²) in [4.78, 5) is 7.55. The van der Waals surface area contributed by atoms with E-state index in [4.69, 9.17) is 14.5 Å². The van der Waals surface area contributed by atoms with Crippen molar-refractivity contribution in [3.8, 4) is 0 Å². The van der Waals surface area contributed by atoms with Crippen LogP contribution in [0.25, 0.3) is 0 Å². The molecule has 260 valence electrons. The lowest BCUT2D eigenvalue weighted by molar-refractivity contribution is -0.0517. The highest BCUT2D eigenvalue weighted by Gasteiger charge is 2.39. The molecule has 6 rings (SSSR count). The summed E-state index contributed by atoms with van der Waals surface area (Å²) in [6, 6.07) is 10.9. The highest BCUT2D eigenvalue weighted by Crippen LogP contribution is 2.34. The maximum Gasteiger partial charge on any atom is 0.216 e. The molecule has 4 aliphatic rings. The number of fused-ring (bicyclic) bond motifs is 4. The maximum absolute atomic E-state index is 13.9. The van der Waals surface area contributed by atoms with Crippen LogP contribution in [-0.4, -0.2) is 68.5 Å². The molecule has 3 aliphatic heterocycles. The van der Waals surface area contributed by atoms with Crippen LogP contribution in [0.5, 0.6) is 0 Å². The summed E-state index contributed by atoms with van der Waals surface area (Å²) in [5.41, 5.74) is 6.06. The zero-order chi connectivity index (χ0) is 33.2. The van der Waals surface area contributed by atoms with Gasteiger partial charge in [0.1, 0.15) is 12.5 Å². The van der Waals surface area contributed by atoms with Crippen molar-refractivity contribution >= 4 is 10.0 Å². The average molecular weight is 668 g/mol. The minimum atomic E-state index is -3.58. The summed E-state index contributed by atoms with van der Waals surface area (Å²) in [6.45, 7) is 14.9. The number of aryl methyl sites for hydroxylation is 2. The van der Waals surface area contributed by atoms with E-state index in [9.17, 15) is 8.42 Å². The number of nitrogens with zero attached hydrogens (tertiary/aromatic N) is 2. The van der Waals surface area contributed by atoms with Crippen LogP contribution in [0.1, 0.15) is 112 Å². The Morgan fingerprint density at radius 2 is 1.74 bits per heavy atom. The van der Waals surface area contributed by atoms with Crippen LogP contribution in [0.15, 0.2) is 36.5 Å². The van der Waals surface area contributed by atoms with Gasteiger partial charge in [-0.2, -0.15) is 4.72 Å². The molecule has 1 aromatic heterocycles. The molecular weight excluding hydrogens is 611 g/mol. The van der Waals surface area contributed by atoms with E-state index in [1.54, 1.807) is 0 Å². The highest BCUT2D eigenvalue weighted by atomic mass is 32.2. The highest BCUT2D eigenvalue weighted by molar-refractivity contribution is 7.90. The van der Waals surface area contributed by atoms with Crippen molar-refractivity contribution < 1.29 is 17.9 Å². The third-order valence-corrected chi connectivity index (χ3v) is 12.6. The number of hydrogen-bond acceptors (Lipinski definition) is 8. The van der Waals surface area contributed by atoms with Crippen LogP contribution in [0.2, 0.25) is 0 Å². The summed E-state index contributed by atoms with van der Waals surface area (Å²) in [6.07, 6.45) is 8.24. The molecule has 6 atom stereocenters. The normalized spacial score (nSPS) is 31.3. The predicted molar refractivity (Wildman–Crippen MR) is 186 cm³/mol. The molecule has 0 radical (unpaired) electrons. The lowest BCUT2D eigenvalue weighted by Crippen LogP contribution is -2.64. The van der Waals surface area contributed by atoms with Gasteiger partial charge in [-0.15, -0.1) is 0 Å². The average Bonchev–Trinajstić information content (AvgIpc) is 3.03. The molecule has 10 heteroatoms. The Bertz CT molecular complexity index is 1420. The number of hydrogen-bond donors (Lipinski definition) is 3. The number of pyridine rings is 1. The van der Waals surface area contributed by atoms with Gasteiger partial charge < -0.3 is 9.47 Å². The second-order valence-electron chi connectivity index (χ2n) is 15.8. The number of benzene rings is 1. The van der Waals surface area contributed by atoms with Crippen LogP contribution >= 0.6 is 0 Å². The van der Waals surface area contributed by atoms with Crippen molar-refractivity contribution in [3.63, 3.8) is 0 Å². The Hall–Kier alpha value is -1.92. The van der Waals surface area contributed by atoms with Crippen LogP contribution in [0.4, 0.5) is 0 Å². The summed E-state index contributed by atoms with van der Waals surface area (Å²) < 4.78 is 43.2. The first-order valence-electron chi connectivity index (χ1n) is 17.9. The molecule has 0 spiro atoms. The Morgan fingerprint density at radius 3 is 2.45 bits per heavy atom. The lowest BCUT2D eigenvalue weighted by atomic mass is 9.85. The van der Waals surface area contributed by atoms with Gasteiger partial charge in [-0.3, -0.25) is 20.5 Å². The Labute approximate surface area is 283 Å². The minimum absolute atomic E-state index is 0.0463. The van der Waals surface area contributed by atoms with Gasteiger partial charge >= 0.3 is 0 Å². The first-order valence-corrected chi connectivity index (χ1v) is 19.5. The summed E-state index contributed by atoms with van der Waals surface area (Å²) in [5, 5.41) is 6.66. The molecule has 4 bridgehead atoms. The number of nitrogens with one attached hydrogen (secondary N) is 3. The zero-order valence-corrected chi connectivity index (χ0v) is 30.0. The molecule has 0 amide bonds. The van der Waals surface area contributed by atoms with E-state index in [-0.39, 0.29) is 29.6 Å². The van der Waals surface area contributed by atoms with Crippen molar-refractivity contribution in [2.24, 2.45) is 11.3 Å². The van der Waals surface area contributed by atoms with Gasteiger partial charge in [0.15, 0.2) is 0 Å². The van der Waals surface area contributed by atoms with Crippen LogP contribution < -0.4 is 15.4 Å². The smallest absolute Gasteiger partial charge is 0.216 e. The fraction of sp³-hybridized carbons (Fsp3) is 0.703. The van der Waals surface area contributed by atoms with Gasteiger partial charge in [0.2, 0.25) is 10.0 Å². The number of rotatable bonds is 5. The standard InChI is InChI=1S/C37H57N5O4S/c1-25-8-6-9-26(2)35(25)33-19-34-40-36(39-33)41-47(43,44)32-11-7-10-27(18-32)22-42(31(24-46-34)20-37(3,4)5)23-30-13-12-29(21-38-30)28-14-16-45-17-15-28/h6,8-9,12-13,21,27-28,31-34,36,39-41H,7,10-11,14-20,22-24H2,1-5H3/t27?,31-,32?,33?,34?,36?/m1/s1. The number of sulfonamides is 1. The van der Waals surface area contributed by atoms with Gasteiger partial charge in [-0.05, 0) is 97.9 Å². The Balaban J connectivity index is 1.30. The third kappa shape index (κ3) is 9.01. The third-order valence-electron chi connectivity index (χ3n) is 10.8. The summed E-state index contributed by atoms with van der Waals surface area (Å²) in [7, 11) is -3.58. The molecule has 5 unspecified atom stereocenters.